The molecule has 0 fully saturated rings. The number of rotatable bonds is 3. The molecule has 1 atom stereocenters. The lowest BCUT2D eigenvalue weighted by molar-refractivity contribution is -0.119. The van der Waals surface area contributed by atoms with Crippen LogP contribution in [-0.4, -0.2) is 5.91 Å². The van der Waals surface area contributed by atoms with E-state index in [-0.39, 0.29) is 11.8 Å². The Kier molecular flexibility index (Phi) is 3.24. The number of primary amides is 1. The second-order valence-corrected chi connectivity index (χ2v) is 4.08. The summed E-state index contributed by atoms with van der Waals surface area (Å²) >= 11 is 0. The quantitative estimate of drug-likeness (QED) is 0.857. The van der Waals surface area contributed by atoms with Crippen LogP contribution in [0.1, 0.15) is 18.4 Å². The Labute approximate surface area is 101 Å². The summed E-state index contributed by atoms with van der Waals surface area (Å²) in [6.45, 7) is 1.84. The highest BCUT2D eigenvalue weighted by Crippen LogP contribution is 2.28. The average molecular weight is 225 g/mol. The second-order valence-electron chi connectivity index (χ2n) is 4.08. The van der Waals surface area contributed by atoms with Gasteiger partial charge in [-0.2, -0.15) is 0 Å². The molecule has 1 amide bonds. The standard InChI is InChI=1S/C15H15NO/c1-11(15(16)17)13-9-5-6-10-14(13)12-7-3-2-4-8-12/h2-11H,1H3,(H2,16,17). The Hall–Kier alpha value is -2.09. The first kappa shape index (κ1) is 11.4. The van der Waals surface area contributed by atoms with E-state index < -0.39 is 0 Å². The molecule has 0 aliphatic rings. The van der Waals surface area contributed by atoms with Crippen LogP contribution in [0.15, 0.2) is 54.6 Å². The predicted molar refractivity (Wildman–Crippen MR) is 69.5 cm³/mol. The van der Waals surface area contributed by atoms with Crippen molar-refractivity contribution in [1.29, 1.82) is 0 Å². The molecule has 2 N–H and O–H groups in total. The van der Waals surface area contributed by atoms with Gasteiger partial charge in [-0.3, -0.25) is 4.79 Å². The maximum Gasteiger partial charge on any atom is 0.224 e. The molecule has 0 aliphatic carbocycles. The number of benzene rings is 2. The molecule has 2 nitrogen and oxygen atoms in total. The first-order valence-corrected chi connectivity index (χ1v) is 5.64. The van der Waals surface area contributed by atoms with Crippen molar-refractivity contribution in [2.75, 3.05) is 0 Å². The third-order valence-corrected chi connectivity index (χ3v) is 2.94. The Bertz CT molecular complexity index is 519. The van der Waals surface area contributed by atoms with Crippen molar-refractivity contribution in [1.82, 2.24) is 0 Å². The normalized spacial score (nSPS) is 12.1. The molecule has 0 aliphatic heterocycles. The van der Waals surface area contributed by atoms with E-state index in [2.05, 4.69) is 0 Å². The Morgan fingerprint density at radius 3 is 2.24 bits per heavy atom. The molecule has 0 spiro atoms. The largest absolute Gasteiger partial charge is 0.369 e. The van der Waals surface area contributed by atoms with E-state index in [1.165, 1.54) is 0 Å². The van der Waals surface area contributed by atoms with Crippen LogP contribution in [0.3, 0.4) is 0 Å². The minimum Gasteiger partial charge on any atom is -0.369 e. The predicted octanol–water partition coefficient (Wildman–Crippen LogP) is 2.94. The summed E-state index contributed by atoms with van der Waals surface area (Å²) < 4.78 is 0. The van der Waals surface area contributed by atoms with Gasteiger partial charge >= 0.3 is 0 Å². The summed E-state index contributed by atoms with van der Waals surface area (Å²) in [7, 11) is 0. The Morgan fingerprint density at radius 2 is 1.59 bits per heavy atom. The third-order valence-electron chi connectivity index (χ3n) is 2.94. The zero-order valence-electron chi connectivity index (χ0n) is 9.76. The fourth-order valence-electron chi connectivity index (χ4n) is 1.91. The van der Waals surface area contributed by atoms with Crippen LogP contribution in [0.5, 0.6) is 0 Å². The van der Waals surface area contributed by atoms with E-state index in [0.29, 0.717) is 0 Å². The molecular weight excluding hydrogens is 210 g/mol. The summed E-state index contributed by atoms with van der Waals surface area (Å²) in [5.41, 5.74) is 8.53. The van der Waals surface area contributed by atoms with Crippen LogP contribution in [0.25, 0.3) is 11.1 Å². The van der Waals surface area contributed by atoms with E-state index in [1.54, 1.807) is 0 Å². The number of amides is 1. The first-order valence-electron chi connectivity index (χ1n) is 5.64. The van der Waals surface area contributed by atoms with Gasteiger partial charge in [0.05, 0.1) is 5.92 Å². The van der Waals surface area contributed by atoms with E-state index >= 15 is 0 Å². The van der Waals surface area contributed by atoms with Crippen molar-refractivity contribution < 1.29 is 4.79 Å². The third kappa shape index (κ3) is 2.36. The van der Waals surface area contributed by atoms with Gasteiger partial charge in [-0.05, 0) is 23.6 Å². The van der Waals surface area contributed by atoms with Crippen LogP contribution in [-0.2, 0) is 4.79 Å². The van der Waals surface area contributed by atoms with E-state index in [9.17, 15) is 4.79 Å². The van der Waals surface area contributed by atoms with Crippen molar-refractivity contribution >= 4 is 5.91 Å². The minimum absolute atomic E-state index is 0.272. The fourth-order valence-corrected chi connectivity index (χ4v) is 1.91. The van der Waals surface area contributed by atoms with Gasteiger partial charge in [0, 0.05) is 0 Å². The molecule has 86 valence electrons. The lowest BCUT2D eigenvalue weighted by Crippen LogP contribution is -2.19. The van der Waals surface area contributed by atoms with E-state index in [4.69, 9.17) is 5.73 Å². The molecule has 0 bridgehead atoms. The summed E-state index contributed by atoms with van der Waals surface area (Å²) in [6, 6.07) is 17.9. The van der Waals surface area contributed by atoms with Gasteiger partial charge in [-0.15, -0.1) is 0 Å². The van der Waals surface area contributed by atoms with Crippen LogP contribution < -0.4 is 5.73 Å². The van der Waals surface area contributed by atoms with Gasteiger partial charge in [-0.1, -0.05) is 54.6 Å². The van der Waals surface area contributed by atoms with E-state index in [1.807, 2.05) is 61.5 Å². The van der Waals surface area contributed by atoms with Crippen LogP contribution >= 0.6 is 0 Å². The van der Waals surface area contributed by atoms with Crippen molar-refractivity contribution in [3.8, 4) is 11.1 Å². The van der Waals surface area contributed by atoms with Gasteiger partial charge in [0.2, 0.25) is 5.91 Å². The zero-order chi connectivity index (χ0) is 12.3. The fraction of sp³-hybridized carbons (Fsp3) is 0.133. The first-order chi connectivity index (χ1) is 8.20. The zero-order valence-corrected chi connectivity index (χ0v) is 9.76. The highest BCUT2D eigenvalue weighted by Gasteiger charge is 2.15. The number of nitrogens with two attached hydrogens (primary N) is 1. The molecule has 2 heteroatoms. The molecular formula is C15H15NO. The Morgan fingerprint density at radius 1 is 1.00 bits per heavy atom. The lowest BCUT2D eigenvalue weighted by Gasteiger charge is -2.13. The molecule has 0 saturated heterocycles. The topological polar surface area (TPSA) is 43.1 Å². The van der Waals surface area contributed by atoms with Crippen LogP contribution in [0, 0.1) is 0 Å². The molecule has 2 rings (SSSR count). The summed E-state index contributed by atoms with van der Waals surface area (Å²) in [5.74, 6) is -0.570. The van der Waals surface area contributed by atoms with Gasteiger partial charge in [-0.25, -0.2) is 0 Å². The molecule has 0 radical (unpaired) electrons. The molecule has 0 aromatic heterocycles. The number of hydrogen-bond acceptors (Lipinski definition) is 1. The summed E-state index contributed by atoms with van der Waals surface area (Å²) in [5, 5.41) is 0. The number of carbonyl (C=O) groups excluding carboxylic acids is 1. The molecule has 1 unspecified atom stereocenters. The SMILES string of the molecule is CC(C(N)=O)c1ccccc1-c1ccccc1. The van der Waals surface area contributed by atoms with Crippen molar-refractivity contribution in [2.24, 2.45) is 5.73 Å². The van der Waals surface area contributed by atoms with Crippen molar-refractivity contribution in [3.05, 3.63) is 60.2 Å². The highest BCUT2D eigenvalue weighted by molar-refractivity contribution is 5.84. The second kappa shape index (κ2) is 4.83. The maximum atomic E-state index is 11.3. The maximum absolute atomic E-state index is 11.3. The minimum atomic E-state index is -0.298. The average Bonchev–Trinajstić information content (AvgIpc) is 2.39. The smallest absolute Gasteiger partial charge is 0.224 e. The summed E-state index contributed by atoms with van der Waals surface area (Å²) in [6.07, 6.45) is 0. The molecule has 2 aromatic carbocycles. The van der Waals surface area contributed by atoms with Crippen molar-refractivity contribution in [3.63, 3.8) is 0 Å². The number of carbonyl (C=O) groups is 1. The molecule has 0 saturated carbocycles. The number of hydrogen-bond donors (Lipinski definition) is 1. The molecule has 0 heterocycles. The van der Waals surface area contributed by atoms with Gasteiger partial charge in [0.15, 0.2) is 0 Å². The summed E-state index contributed by atoms with van der Waals surface area (Å²) in [4.78, 5) is 11.3. The van der Waals surface area contributed by atoms with Gasteiger partial charge in [0.1, 0.15) is 0 Å². The highest BCUT2D eigenvalue weighted by atomic mass is 16.1. The van der Waals surface area contributed by atoms with Crippen LogP contribution in [0.2, 0.25) is 0 Å². The van der Waals surface area contributed by atoms with Gasteiger partial charge in [0.25, 0.3) is 0 Å². The monoisotopic (exact) mass is 225 g/mol. The van der Waals surface area contributed by atoms with Gasteiger partial charge < -0.3 is 5.73 Å². The van der Waals surface area contributed by atoms with Crippen molar-refractivity contribution in [2.45, 2.75) is 12.8 Å². The van der Waals surface area contributed by atoms with Crippen LogP contribution in [0.4, 0.5) is 0 Å². The van der Waals surface area contributed by atoms with E-state index in [0.717, 1.165) is 16.7 Å². The Balaban J connectivity index is 2.52. The lowest BCUT2D eigenvalue weighted by atomic mass is 9.91. The molecule has 17 heavy (non-hydrogen) atoms. The molecule has 2 aromatic rings.